The van der Waals surface area contributed by atoms with Crippen molar-refractivity contribution in [2.24, 2.45) is 11.8 Å². The van der Waals surface area contributed by atoms with Crippen LogP contribution in [0.2, 0.25) is 0 Å². The molecule has 0 aliphatic heterocycles. The summed E-state index contributed by atoms with van der Waals surface area (Å²) in [6.45, 7) is 9.50. The highest BCUT2D eigenvalue weighted by molar-refractivity contribution is 7.47. The summed E-state index contributed by atoms with van der Waals surface area (Å²) in [6, 6.07) is 0. The number of phosphoric ester groups is 2. The zero-order valence-electron chi connectivity index (χ0n) is 59.9. The molecule has 0 rings (SSSR count). The lowest BCUT2D eigenvalue weighted by molar-refractivity contribution is -0.161. The minimum Gasteiger partial charge on any atom is -0.462 e. The number of unbranched alkanes of at least 4 members (excludes halogenated alkanes) is 41. The zero-order valence-corrected chi connectivity index (χ0v) is 61.6. The van der Waals surface area contributed by atoms with Crippen molar-refractivity contribution in [2.45, 2.75) is 394 Å². The van der Waals surface area contributed by atoms with Crippen LogP contribution in [0.15, 0.2) is 0 Å². The van der Waals surface area contributed by atoms with Crippen molar-refractivity contribution in [3.63, 3.8) is 0 Å². The molecule has 92 heavy (non-hydrogen) atoms. The number of aliphatic hydroxyl groups excluding tert-OH is 1. The van der Waals surface area contributed by atoms with Gasteiger partial charge in [-0.2, -0.15) is 0 Å². The van der Waals surface area contributed by atoms with Gasteiger partial charge in [-0.15, -0.1) is 0 Å². The zero-order chi connectivity index (χ0) is 67.9. The molecule has 19 heteroatoms. The van der Waals surface area contributed by atoms with Gasteiger partial charge < -0.3 is 33.8 Å². The molecule has 0 aromatic carbocycles. The molecule has 0 aromatic heterocycles. The van der Waals surface area contributed by atoms with Gasteiger partial charge in [-0.1, -0.05) is 324 Å². The minimum atomic E-state index is -4.95. The molecule has 0 spiro atoms. The maximum absolute atomic E-state index is 13.0. The largest absolute Gasteiger partial charge is 0.472 e. The molecule has 0 aliphatic rings. The predicted octanol–water partition coefficient (Wildman–Crippen LogP) is 21.2. The summed E-state index contributed by atoms with van der Waals surface area (Å²) in [7, 11) is -9.90. The Labute approximate surface area is 562 Å². The van der Waals surface area contributed by atoms with Crippen molar-refractivity contribution >= 4 is 39.5 Å². The lowest BCUT2D eigenvalue weighted by atomic mass is 9.99. The fraction of sp³-hybridized carbons (Fsp3) is 0.945. The first kappa shape index (κ1) is 90.1. The van der Waals surface area contributed by atoms with Gasteiger partial charge in [-0.25, -0.2) is 9.13 Å². The molecule has 17 nitrogen and oxygen atoms in total. The average molecular weight is 1350 g/mol. The number of carbonyl (C=O) groups excluding carboxylic acids is 4. The quantitative estimate of drug-likeness (QED) is 0.0222. The Hall–Kier alpha value is -1.94. The Balaban J connectivity index is 5.19. The SMILES string of the molecule is CCCCCCCCCCCCCCCCCCCCCCC(=O)O[C@H](COC(=O)CCCCCCCCCCC(C)CC)COP(=O)(O)OC[C@@H](O)COP(=O)(O)OC[C@@H](COC(=O)CCCCCCCCCCCC)OC(=O)CCCCCCCCCC(C)C. The molecular formula is C73H142O17P2. The van der Waals surface area contributed by atoms with E-state index in [-0.39, 0.29) is 25.7 Å². The Morgan fingerprint density at radius 3 is 0.826 bits per heavy atom. The number of ether oxygens (including phenoxy) is 4. The summed E-state index contributed by atoms with van der Waals surface area (Å²) in [5.74, 6) is -0.651. The first-order valence-corrected chi connectivity index (χ1v) is 41.0. The molecule has 0 saturated carbocycles. The normalized spacial score (nSPS) is 14.4. The van der Waals surface area contributed by atoms with Crippen LogP contribution in [-0.4, -0.2) is 96.7 Å². The third-order valence-electron chi connectivity index (χ3n) is 17.3. The van der Waals surface area contributed by atoms with E-state index < -0.39 is 97.5 Å². The van der Waals surface area contributed by atoms with Crippen LogP contribution in [0, 0.1) is 11.8 Å². The van der Waals surface area contributed by atoms with Crippen molar-refractivity contribution in [1.29, 1.82) is 0 Å². The van der Waals surface area contributed by atoms with Crippen LogP contribution in [0.25, 0.3) is 0 Å². The van der Waals surface area contributed by atoms with E-state index in [9.17, 15) is 43.2 Å². The number of aliphatic hydroxyl groups is 1. The molecule has 0 fully saturated rings. The van der Waals surface area contributed by atoms with Crippen molar-refractivity contribution in [1.82, 2.24) is 0 Å². The summed E-state index contributed by atoms with van der Waals surface area (Å²) in [5.41, 5.74) is 0. The van der Waals surface area contributed by atoms with Crippen LogP contribution in [-0.2, 0) is 65.4 Å². The van der Waals surface area contributed by atoms with Crippen LogP contribution in [0.3, 0.4) is 0 Å². The summed E-state index contributed by atoms with van der Waals surface area (Å²) < 4.78 is 68.3. The van der Waals surface area contributed by atoms with E-state index in [1.54, 1.807) is 0 Å². The molecule has 0 amide bonds. The summed E-state index contributed by atoms with van der Waals surface area (Å²) in [6.07, 6.45) is 51.5. The van der Waals surface area contributed by atoms with E-state index in [0.29, 0.717) is 31.6 Å². The highest BCUT2D eigenvalue weighted by Crippen LogP contribution is 2.45. The molecule has 0 saturated heterocycles. The highest BCUT2D eigenvalue weighted by atomic mass is 31.2. The Bertz CT molecular complexity index is 1790. The molecule has 6 atom stereocenters. The second kappa shape index (κ2) is 65.0. The predicted molar refractivity (Wildman–Crippen MR) is 372 cm³/mol. The van der Waals surface area contributed by atoms with Gasteiger partial charge in [0.15, 0.2) is 12.2 Å². The number of rotatable bonds is 72. The van der Waals surface area contributed by atoms with Crippen molar-refractivity contribution < 1.29 is 80.2 Å². The Morgan fingerprint density at radius 1 is 0.315 bits per heavy atom. The fourth-order valence-electron chi connectivity index (χ4n) is 11.1. The smallest absolute Gasteiger partial charge is 0.462 e. The number of hydrogen-bond donors (Lipinski definition) is 3. The second-order valence-corrected chi connectivity index (χ2v) is 30.0. The van der Waals surface area contributed by atoms with Gasteiger partial charge in [0, 0.05) is 25.7 Å². The van der Waals surface area contributed by atoms with E-state index in [2.05, 4.69) is 41.5 Å². The van der Waals surface area contributed by atoms with Gasteiger partial charge in [0.05, 0.1) is 26.4 Å². The van der Waals surface area contributed by atoms with Gasteiger partial charge in [0.1, 0.15) is 19.3 Å². The summed E-state index contributed by atoms with van der Waals surface area (Å²) in [4.78, 5) is 72.6. The molecule has 3 N–H and O–H groups in total. The molecule has 546 valence electrons. The molecule has 0 aliphatic carbocycles. The molecule has 0 aromatic rings. The van der Waals surface area contributed by atoms with Gasteiger partial charge in [0.25, 0.3) is 0 Å². The number of esters is 4. The topological polar surface area (TPSA) is 237 Å². The first-order chi connectivity index (χ1) is 44.4. The molecule has 0 radical (unpaired) electrons. The van der Waals surface area contributed by atoms with Crippen molar-refractivity contribution in [2.75, 3.05) is 39.6 Å². The van der Waals surface area contributed by atoms with Crippen molar-refractivity contribution in [3.8, 4) is 0 Å². The fourth-order valence-corrected chi connectivity index (χ4v) is 12.7. The lowest BCUT2D eigenvalue weighted by Crippen LogP contribution is -2.30. The minimum absolute atomic E-state index is 0.104. The third kappa shape index (κ3) is 65.4. The van der Waals surface area contributed by atoms with Crippen LogP contribution in [0.1, 0.15) is 375 Å². The monoisotopic (exact) mass is 1350 g/mol. The van der Waals surface area contributed by atoms with Crippen LogP contribution >= 0.6 is 15.6 Å². The van der Waals surface area contributed by atoms with Gasteiger partial charge >= 0.3 is 39.5 Å². The second-order valence-electron chi connectivity index (χ2n) is 27.1. The van der Waals surface area contributed by atoms with E-state index in [4.69, 9.17) is 37.0 Å². The Kier molecular flexibility index (Phi) is 63.7. The molecule has 3 unspecified atom stereocenters. The maximum Gasteiger partial charge on any atom is 0.472 e. The van der Waals surface area contributed by atoms with Gasteiger partial charge in [-0.3, -0.25) is 37.3 Å². The number of hydrogen-bond acceptors (Lipinski definition) is 15. The molecule has 0 bridgehead atoms. The van der Waals surface area contributed by atoms with Crippen molar-refractivity contribution in [3.05, 3.63) is 0 Å². The highest BCUT2D eigenvalue weighted by Gasteiger charge is 2.30. The molecular weight excluding hydrogens is 1210 g/mol. The third-order valence-corrected chi connectivity index (χ3v) is 19.2. The number of phosphoric acid groups is 2. The standard InChI is InChI=1S/C73H142O17P2/c1-7-10-12-14-16-18-20-21-22-23-24-25-26-27-28-29-31-39-45-51-57-72(77)89-68(61-84-71(76)56-50-44-38-33-32-36-42-48-54-66(6)9-3)63-87-91(79,80)85-59-67(74)60-86-92(81,82)88-64-69(90-73(78)58-52-46-40-34-35-41-47-53-65(4)5)62-83-70(75)55-49-43-37-30-19-17-15-13-11-8-2/h65-69,74H,7-64H2,1-6H3,(H,79,80)(H,81,82)/t66?,67-,68-,69-/m1/s1. The van der Waals surface area contributed by atoms with E-state index in [0.717, 1.165) is 95.8 Å². The molecule has 0 heterocycles. The summed E-state index contributed by atoms with van der Waals surface area (Å²) in [5, 5.41) is 10.6. The van der Waals surface area contributed by atoms with Gasteiger partial charge in [-0.05, 0) is 37.5 Å². The van der Waals surface area contributed by atoms with Crippen LogP contribution in [0.4, 0.5) is 0 Å². The van der Waals surface area contributed by atoms with Crippen LogP contribution in [0.5, 0.6) is 0 Å². The Morgan fingerprint density at radius 2 is 0.554 bits per heavy atom. The average Bonchev–Trinajstić information content (AvgIpc) is 3.29. The van der Waals surface area contributed by atoms with Crippen LogP contribution < -0.4 is 0 Å². The van der Waals surface area contributed by atoms with E-state index in [1.807, 2.05) is 0 Å². The van der Waals surface area contributed by atoms with E-state index in [1.165, 1.54) is 193 Å². The first-order valence-electron chi connectivity index (χ1n) is 38.0. The summed E-state index contributed by atoms with van der Waals surface area (Å²) >= 11 is 0. The maximum atomic E-state index is 13.0. The van der Waals surface area contributed by atoms with E-state index >= 15 is 0 Å². The van der Waals surface area contributed by atoms with Gasteiger partial charge in [0.2, 0.25) is 0 Å². The number of carbonyl (C=O) groups is 4. The lowest BCUT2D eigenvalue weighted by Gasteiger charge is -2.21.